The molecule has 1 aromatic carbocycles. The number of carbonyl (C=O) groups excluding carboxylic acids is 1. The van der Waals surface area contributed by atoms with Crippen LogP contribution in [0.1, 0.15) is 10.4 Å². The SMILES string of the molecule is O=C(NCCSC(F)(F)F)c1ccc([N+](=O)[O-])c(Cl)c1. The van der Waals surface area contributed by atoms with E-state index in [1.807, 2.05) is 0 Å². The van der Waals surface area contributed by atoms with Crippen molar-refractivity contribution in [2.75, 3.05) is 12.3 Å². The number of nitrogens with one attached hydrogen (secondary N) is 1. The summed E-state index contributed by atoms with van der Waals surface area (Å²) in [5, 5.41) is 12.6. The van der Waals surface area contributed by atoms with Crippen molar-refractivity contribution >= 4 is 35.0 Å². The number of halogens is 4. The van der Waals surface area contributed by atoms with Crippen LogP contribution in [-0.2, 0) is 0 Å². The Kier molecular flexibility index (Phi) is 5.63. The quantitative estimate of drug-likeness (QED) is 0.511. The van der Waals surface area contributed by atoms with Gasteiger partial charge in [-0.1, -0.05) is 11.6 Å². The first kappa shape index (κ1) is 16.6. The van der Waals surface area contributed by atoms with Gasteiger partial charge in [0.15, 0.2) is 0 Å². The van der Waals surface area contributed by atoms with E-state index in [4.69, 9.17) is 11.6 Å². The second-order valence-corrected chi connectivity index (χ2v) is 5.04. The number of amides is 1. The topological polar surface area (TPSA) is 72.2 Å². The number of rotatable bonds is 5. The van der Waals surface area contributed by atoms with Gasteiger partial charge in [0, 0.05) is 23.9 Å². The van der Waals surface area contributed by atoms with Gasteiger partial charge in [0.2, 0.25) is 0 Å². The fourth-order valence-electron chi connectivity index (χ4n) is 1.23. The van der Waals surface area contributed by atoms with Gasteiger partial charge in [-0.25, -0.2) is 0 Å². The van der Waals surface area contributed by atoms with Crippen LogP contribution in [0, 0.1) is 10.1 Å². The molecule has 0 atom stereocenters. The minimum absolute atomic E-state index is 0.0395. The van der Waals surface area contributed by atoms with Gasteiger partial charge in [-0.3, -0.25) is 14.9 Å². The molecule has 0 saturated heterocycles. The number of carbonyl (C=O) groups is 1. The van der Waals surface area contributed by atoms with Gasteiger partial charge in [-0.05, 0) is 23.9 Å². The lowest BCUT2D eigenvalue weighted by Crippen LogP contribution is -2.26. The van der Waals surface area contributed by atoms with Crippen molar-refractivity contribution in [3.63, 3.8) is 0 Å². The minimum atomic E-state index is -4.35. The lowest BCUT2D eigenvalue weighted by Gasteiger charge is -2.07. The van der Waals surface area contributed by atoms with Crippen LogP contribution < -0.4 is 5.32 Å². The number of hydrogen-bond acceptors (Lipinski definition) is 4. The van der Waals surface area contributed by atoms with Gasteiger partial charge >= 0.3 is 5.51 Å². The third-order valence-corrected chi connectivity index (χ3v) is 3.10. The van der Waals surface area contributed by atoms with Crippen LogP contribution in [-0.4, -0.2) is 28.6 Å². The monoisotopic (exact) mass is 328 g/mol. The molecule has 1 amide bonds. The number of nitro groups is 1. The fourth-order valence-corrected chi connectivity index (χ4v) is 1.91. The van der Waals surface area contributed by atoms with Crippen molar-refractivity contribution in [2.45, 2.75) is 5.51 Å². The first-order chi connectivity index (χ1) is 9.20. The lowest BCUT2D eigenvalue weighted by molar-refractivity contribution is -0.384. The number of thioether (sulfide) groups is 1. The molecule has 0 aliphatic carbocycles. The molecule has 0 saturated carbocycles. The highest BCUT2D eigenvalue weighted by atomic mass is 35.5. The summed E-state index contributed by atoms with van der Waals surface area (Å²) in [4.78, 5) is 21.4. The van der Waals surface area contributed by atoms with Crippen LogP contribution in [0.3, 0.4) is 0 Å². The zero-order chi connectivity index (χ0) is 15.3. The Bertz CT molecular complexity index is 525. The molecule has 0 fully saturated rings. The molecule has 0 unspecified atom stereocenters. The normalized spacial score (nSPS) is 11.2. The van der Waals surface area contributed by atoms with E-state index in [2.05, 4.69) is 5.32 Å². The van der Waals surface area contributed by atoms with Crippen molar-refractivity contribution in [2.24, 2.45) is 0 Å². The average Bonchev–Trinajstić information content (AvgIpc) is 2.32. The third-order valence-electron chi connectivity index (χ3n) is 2.06. The zero-order valence-corrected chi connectivity index (χ0v) is 11.3. The molecule has 20 heavy (non-hydrogen) atoms. The first-order valence-electron chi connectivity index (χ1n) is 5.13. The maximum Gasteiger partial charge on any atom is 0.441 e. The Morgan fingerprint density at radius 3 is 2.60 bits per heavy atom. The van der Waals surface area contributed by atoms with E-state index in [0.717, 1.165) is 12.1 Å². The Balaban J connectivity index is 2.56. The van der Waals surface area contributed by atoms with Crippen molar-refractivity contribution in [3.8, 4) is 0 Å². The molecule has 0 radical (unpaired) electrons. The average molecular weight is 329 g/mol. The fraction of sp³-hybridized carbons (Fsp3) is 0.300. The van der Waals surface area contributed by atoms with Gasteiger partial charge in [-0.15, -0.1) is 0 Å². The summed E-state index contributed by atoms with van der Waals surface area (Å²) in [6, 6.07) is 3.32. The summed E-state index contributed by atoms with van der Waals surface area (Å²) in [6.45, 7) is -0.183. The predicted octanol–water partition coefficient (Wildman–Crippen LogP) is 3.23. The maximum absolute atomic E-state index is 11.8. The first-order valence-corrected chi connectivity index (χ1v) is 6.50. The highest BCUT2D eigenvalue weighted by Crippen LogP contribution is 2.29. The van der Waals surface area contributed by atoms with Gasteiger partial charge in [0.1, 0.15) is 5.02 Å². The maximum atomic E-state index is 11.8. The molecule has 0 heterocycles. The standard InChI is InChI=1S/C10H8ClF3N2O3S/c11-7-5-6(1-2-8(7)16(18)19)9(17)15-3-4-20-10(12,13)14/h1-2,5H,3-4H2,(H,15,17). The summed E-state index contributed by atoms with van der Waals surface area (Å²) in [7, 11) is 0. The van der Waals surface area contributed by atoms with E-state index in [1.54, 1.807) is 0 Å². The third kappa shape index (κ3) is 5.25. The minimum Gasteiger partial charge on any atom is -0.351 e. The van der Waals surface area contributed by atoms with Crippen LogP contribution >= 0.6 is 23.4 Å². The van der Waals surface area contributed by atoms with Crippen molar-refractivity contribution in [1.82, 2.24) is 5.32 Å². The Morgan fingerprint density at radius 1 is 1.45 bits per heavy atom. The predicted molar refractivity (Wildman–Crippen MR) is 69.0 cm³/mol. The van der Waals surface area contributed by atoms with Crippen molar-refractivity contribution in [3.05, 3.63) is 38.9 Å². The summed E-state index contributed by atoms with van der Waals surface area (Å²) < 4.78 is 35.5. The number of alkyl halides is 3. The van der Waals surface area contributed by atoms with Gasteiger partial charge in [0.05, 0.1) is 4.92 Å². The smallest absolute Gasteiger partial charge is 0.351 e. The highest BCUT2D eigenvalue weighted by molar-refractivity contribution is 8.00. The molecule has 0 aliphatic rings. The van der Waals surface area contributed by atoms with E-state index in [1.165, 1.54) is 6.07 Å². The summed E-state index contributed by atoms with van der Waals surface area (Å²) in [5.41, 5.74) is -4.66. The number of hydrogen-bond donors (Lipinski definition) is 1. The van der Waals surface area contributed by atoms with E-state index in [0.29, 0.717) is 0 Å². The Morgan fingerprint density at radius 2 is 2.10 bits per heavy atom. The zero-order valence-electron chi connectivity index (χ0n) is 9.74. The Labute approximate surface area is 120 Å². The summed E-state index contributed by atoms with van der Waals surface area (Å²) in [6.07, 6.45) is 0. The van der Waals surface area contributed by atoms with Gasteiger partial charge in [0.25, 0.3) is 11.6 Å². The van der Waals surface area contributed by atoms with Crippen LogP contribution in [0.4, 0.5) is 18.9 Å². The van der Waals surface area contributed by atoms with Gasteiger partial charge < -0.3 is 5.32 Å². The molecule has 0 spiro atoms. The van der Waals surface area contributed by atoms with Crippen LogP contribution in [0.5, 0.6) is 0 Å². The van der Waals surface area contributed by atoms with E-state index < -0.39 is 16.3 Å². The second kappa shape index (κ2) is 6.80. The van der Waals surface area contributed by atoms with Crippen molar-refractivity contribution in [1.29, 1.82) is 0 Å². The molecular formula is C10H8ClF3N2O3S. The lowest BCUT2D eigenvalue weighted by atomic mass is 10.2. The van der Waals surface area contributed by atoms with Crippen molar-refractivity contribution < 1.29 is 22.9 Å². The number of nitro benzene ring substituents is 1. The van der Waals surface area contributed by atoms with Crippen LogP contribution in [0.2, 0.25) is 5.02 Å². The summed E-state index contributed by atoms with van der Waals surface area (Å²) in [5.74, 6) is -0.972. The van der Waals surface area contributed by atoms with E-state index >= 15 is 0 Å². The van der Waals surface area contributed by atoms with E-state index in [-0.39, 0.29) is 40.3 Å². The van der Waals surface area contributed by atoms with Crippen LogP contribution in [0.25, 0.3) is 0 Å². The molecular weight excluding hydrogens is 321 g/mol. The number of nitrogens with zero attached hydrogens (tertiary/aromatic N) is 1. The second-order valence-electron chi connectivity index (χ2n) is 3.47. The van der Waals surface area contributed by atoms with E-state index in [9.17, 15) is 28.1 Å². The number of benzene rings is 1. The molecule has 1 N–H and O–H groups in total. The molecule has 5 nitrogen and oxygen atoms in total. The van der Waals surface area contributed by atoms with Gasteiger partial charge in [-0.2, -0.15) is 13.2 Å². The molecule has 10 heteroatoms. The largest absolute Gasteiger partial charge is 0.441 e. The molecule has 1 aromatic rings. The van der Waals surface area contributed by atoms with Crippen LogP contribution in [0.15, 0.2) is 18.2 Å². The summed E-state index contributed by atoms with van der Waals surface area (Å²) >= 11 is 5.37. The molecule has 0 aromatic heterocycles. The molecule has 110 valence electrons. The molecule has 0 bridgehead atoms. The highest BCUT2D eigenvalue weighted by Gasteiger charge is 2.27. The molecule has 1 rings (SSSR count). The molecule has 0 aliphatic heterocycles. The Hall–Kier alpha value is -1.48.